The molecule has 0 aliphatic rings. The summed E-state index contributed by atoms with van der Waals surface area (Å²) in [5.41, 5.74) is 2.00. The molecule has 0 fully saturated rings. The molecule has 5 nitrogen and oxygen atoms in total. The standard InChI is InChI=1S/C22H16ClN3O2S/c23-18-9-2-3-10-19(18)26-22(28)17-8-1-4-11-20(17)29-14-21(27)25-16-7-5-6-15(12-16)13-24/h1-12H,14H2,(H,25,27)(H,26,28). The predicted octanol–water partition coefficient (Wildman–Crippen LogP) is 5.19. The van der Waals surface area contributed by atoms with E-state index in [4.69, 9.17) is 16.9 Å². The lowest BCUT2D eigenvalue weighted by molar-refractivity contribution is -0.113. The molecule has 0 aliphatic carbocycles. The fraction of sp³-hybridized carbons (Fsp3) is 0.0455. The van der Waals surface area contributed by atoms with Crippen LogP contribution in [-0.2, 0) is 4.79 Å². The predicted molar refractivity (Wildman–Crippen MR) is 116 cm³/mol. The molecule has 3 aromatic carbocycles. The minimum Gasteiger partial charge on any atom is -0.325 e. The lowest BCUT2D eigenvalue weighted by Gasteiger charge is -2.11. The first-order valence-electron chi connectivity index (χ1n) is 8.64. The van der Waals surface area contributed by atoms with Crippen LogP contribution >= 0.6 is 23.4 Å². The van der Waals surface area contributed by atoms with Crippen LogP contribution in [0.1, 0.15) is 15.9 Å². The van der Waals surface area contributed by atoms with E-state index in [0.29, 0.717) is 32.4 Å². The van der Waals surface area contributed by atoms with Gasteiger partial charge in [-0.3, -0.25) is 9.59 Å². The minimum atomic E-state index is -0.302. The molecule has 2 amide bonds. The second-order valence-electron chi connectivity index (χ2n) is 5.96. The zero-order valence-electron chi connectivity index (χ0n) is 15.2. The summed E-state index contributed by atoms with van der Waals surface area (Å²) in [5, 5.41) is 14.9. The summed E-state index contributed by atoms with van der Waals surface area (Å²) in [6, 6.07) is 22.8. The van der Waals surface area contributed by atoms with Crippen molar-refractivity contribution in [2.75, 3.05) is 16.4 Å². The molecule has 3 rings (SSSR count). The maximum absolute atomic E-state index is 12.7. The van der Waals surface area contributed by atoms with E-state index >= 15 is 0 Å². The fourth-order valence-corrected chi connectivity index (χ4v) is 3.57. The summed E-state index contributed by atoms with van der Waals surface area (Å²) in [5.74, 6) is -0.414. The Morgan fingerprint density at radius 1 is 0.966 bits per heavy atom. The van der Waals surface area contributed by atoms with Gasteiger partial charge in [0.25, 0.3) is 5.91 Å². The molecule has 0 saturated heterocycles. The molecular weight excluding hydrogens is 406 g/mol. The monoisotopic (exact) mass is 421 g/mol. The Hall–Kier alpha value is -3.27. The van der Waals surface area contributed by atoms with Gasteiger partial charge in [-0.25, -0.2) is 0 Å². The Labute approximate surface area is 177 Å². The highest BCUT2D eigenvalue weighted by Crippen LogP contribution is 2.26. The van der Waals surface area contributed by atoms with Crippen molar-refractivity contribution < 1.29 is 9.59 Å². The van der Waals surface area contributed by atoms with E-state index in [1.165, 1.54) is 11.8 Å². The maximum atomic E-state index is 12.7. The van der Waals surface area contributed by atoms with E-state index in [-0.39, 0.29) is 17.6 Å². The molecule has 29 heavy (non-hydrogen) atoms. The van der Waals surface area contributed by atoms with Crippen LogP contribution in [0, 0.1) is 11.3 Å². The number of nitrogens with zero attached hydrogens (tertiary/aromatic N) is 1. The van der Waals surface area contributed by atoms with Gasteiger partial charge in [-0.15, -0.1) is 11.8 Å². The SMILES string of the molecule is N#Cc1cccc(NC(=O)CSc2ccccc2C(=O)Nc2ccccc2Cl)c1. The average molecular weight is 422 g/mol. The number of nitrogens with one attached hydrogen (secondary N) is 2. The Bertz CT molecular complexity index is 1100. The summed E-state index contributed by atoms with van der Waals surface area (Å²) in [4.78, 5) is 25.6. The van der Waals surface area contributed by atoms with Crippen molar-refractivity contribution in [3.63, 3.8) is 0 Å². The second-order valence-corrected chi connectivity index (χ2v) is 7.38. The number of carbonyl (C=O) groups excluding carboxylic acids is 2. The number of amides is 2. The summed E-state index contributed by atoms with van der Waals surface area (Å²) in [7, 11) is 0. The van der Waals surface area contributed by atoms with Crippen molar-refractivity contribution >= 4 is 46.6 Å². The number of hydrogen-bond donors (Lipinski definition) is 2. The normalized spacial score (nSPS) is 10.1. The number of para-hydroxylation sites is 1. The summed E-state index contributed by atoms with van der Waals surface area (Å²) < 4.78 is 0. The van der Waals surface area contributed by atoms with Gasteiger partial charge in [0.05, 0.1) is 33.7 Å². The highest BCUT2D eigenvalue weighted by molar-refractivity contribution is 8.00. The lowest BCUT2D eigenvalue weighted by Crippen LogP contribution is -2.16. The third-order valence-corrected chi connectivity index (χ3v) is 5.29. The summed E-state index contributed by atoms with van der Waals surface area (Å²) >= 11 is 7.36. The number of anilines is 2. The smallest absolute Gasteiger partial charge is 0.256 e. The van der Waals surface area contributed by atoms with Crippen LogP contribution in [0.25, 0.3) is 0 Å². The third-order valence-electron chi connectivity index (χ3n) is 3.89. The molecular formula is C22H16ClN3O2S. The van der Waals surface area contributed by atoms with Gasteiger partial charge in [0, 0.05) is 10.6 Å². The number of nitriles is 1. The van der Waals surface area contributed by atoms with E-state index in [2.05, 4.69) is 10.6 Å². The van der Waals surface area contributed by atoms with Gasteiger partial charge in [0.1, 0.15) is 0 Å². The van der Waals surface area contributed by atoms with Gasteiger partial charge >= 0.3 is 0 Å². The van der Waals surface area contributed by atoms with Crippen molar-refractivity contribution in [3.8, 4) is 6.07 Å². The zero-order chi connectivity index (χ0) is 20.6. The van der Waals surface area contributed by atoms with Crippen LogP contribution in [0.5, 0.6) is 0 Å². The van der Waals surface area contributed by atoms with E-state index in [1.54, 1.807) is 66.7 Å². The molecule has 0 aliphatic heterocycles. The van der Waals surface area contributed by atoms with E-state index in [0.717, 1.165) is 0 Å². The number of rotatable bonds is 6. The number of carbonyl (C=O) groups is 2. The Balaban J connectivity index is 1.66. The Kier molecular flexibility index (Phi) is 6.90. The topological polar surface area (TPSA) is 82.0 Å². The minimum absolute atomic E-state index is 0.118. The number of halogens is 1. The Morgan fingerprint density at radius 3 is 2.52 bits per heavy atom. The van der Waals surface area contributed by atoms with Gasteiger partial charge in [0.2, 0.25) is 5.91 Å². The van der Waals surface area contributed by atoms with Crippen LogP contribution in [-0.4, -0.2) is 17.6 Å². The molecule has 0 spiro atoms. The highest BCUT2D eigenvalue weighted by atomic mass is 35.5. The van der Waals surface area contributed by atoms with Gasteiger partial charge in [0.15, 0.2) is 0 Å². The van der Waals surface area contributed by atoms with Crippen molar-refractivity contribution in [2.45, 2.75) is 4.90 Å². The van der Waals surface area contributed by atoms with Crippen LogP contribution in [0.15, 0.2) is 77.7 Å². The fourth-order valence-electron chi connectivity index (χ4n) is 2.54. The molecule has 3 aromatic rings. The van der Waals surface area contributed by atoms with Crippen LogP contribution in [0.3, 0.4) is 0 Å². The molecule has 0 atom stereocenters. The quantitative estimate of drug-likeness (QED) is 0.536. The zero-order valence-corrected chi connectivity index (χ0v) is 16.8. The van der Waals surface area contributed by atoms with Crippen molar-refractivity contribution in [1.29, 1.82) is 5.26 Å². The van der Waals surface area contributed by atoms with Crippen molar-refractivity contribution in [3.05, 3.63) is 88.9 Å². The number of thioether (sulfide) groups is 1. The molecule has 0 heterocycles. The first kappa shape index (κ1) is 20.5. The average Bonchev–Trinajstić information content (AvgIpc) is 2.74. The first-order valence-corrected chi connectivity index (χ1v) is 10.0. The maximum Gasteiger partial charge on any atom is 0.256 e. The molecule has 2 N–H and O–H groups in total. The lowest BCUT2D eigenvalue weighted by atomic mass is 10.2. The van der Waals surface area contributed by atoms with Crippen molar-refractivity contribution in [1.82, 2.24) is 0 Å². The molecule has 0 radical (unpaired) electrons. The Morgan fingerprint density at radius 2 is 1.72 bits per heavy atom. The number of hydrogen-bond acceptors (Lipinski definition) is 4. The molecule has 0 saturated carbocycles. The van der Waals surface area contributed by atoms with Crippen LogP contribution in [0.4, 0.5) is 11.4 Å². The largest absolute Gasteiger partial charge is 0.325 e. The highest BCUT2D eigenvalue weighted by Gasteiger charge is 2.14. The van der Waals surface area contributed by atoms with Gasteiger partial charge in [-0.1, -0.05) is 41.9 Å². The third kappa shape index (κ3) is 5.61. The van der Waals surface area contributed by atoms with Gasteiger partial charge < -0.3 is 10.6 Å². The first-order chi connectivity index (χ1) is 14.1. The van der Waals surface area contributed by atoms with Crippen LogP contribution in [0.2, 0.25) is 5.02 Å². The van der Waals surface area contributed by atoms with Crippen molar-refractivity contribution in [2.24, 2.45) is 0 Å². The van der Waals surface area contributed by atoms with Gasteiger partial charge in [-0.2, -0.15) is 5.26 Å². The van der Waals surface area contributed by atoms with Crippen LogP contribution < -0.4 is 10.6 Å². The van der Waals surface area contributed by atoms with E-state index in [9.17, 15) is 9.59 Å². The molecule has 7 heteroatoms. The second kappa shape index (κ2) is 9.78. The molecule has 0 unspecified atom stereocenters. The molecule has 0 bridgehead atoms. The molecule has 144 valence electrons. The van der Waals surface area contributed by atoms with Gasteiger partial charge in [-0.05, 0) is 42.5 Å². The summed E-state index contributed by atoms with van der Waals surface area (Å²) in [6.07, 6.45) is 0. The molecule has 0 aromatic heterocycles. The number of benzene rings is 3. The van der Waals surface area contributed by atoms with E-state index in [1.807, 2.05) is 12.1 Å². The summed E-state index contributed by atoms with van der Waals surface area (Å²) in [6.45, 7) is 0. The van der Waals surface area contributed by atoms with E-state index < -0.39 is 0 Å².